The molecule has 2 heterocycles. The van der Waals surface area contributed by atoms with Gasteiger partial charge in [0.1, 0.15) is 17.4 Å². The molecule has 0 spiro atoms. The fourth-order valence-electron chi connectivity index (χ4n) is 5.98. The van der Waals surface area contributed by atoms with Gasteiger partial charge in [-0.3, -0.25) is 9.59 Å². The molecule has 34 heavy (non-hydrogen) atoms. The fraction of sp³-hybridized carbons (Fsp3) is 0.643. The molecule has 3 fully saturated rings. The molecule has 2 atom stereocenters. The third kappa shape index (κ3) is 4.32. The highest BCUT2D eigenvalue weighted by Crippen LogP contribution is 2.49. The Balaban J connectivity index is 1.43. The number of nitrogens with zero attached hydrogens (tertiary/aromatic N) is 4. The van der Waals surface area contributed by atoms with Crippen molar-refractivity contribution in [2.75, 3.05) is 13.1 Å². The number of aryl methyl sites for hydroxylation is 2. The molecular weight excluding hydrogens is 424 g/mol. The number of benzene rings is 1. The topological polar surface area (TPSA) is 68.1 Å². The highest BCUT2D eigenvalue weighted by atomic mass is 16.2. The zero-order valence-corrected chi connectivity index (χ0v) is 21.3. The molecule has 2 aliphatic carbocycles. The van der Waals surface area contributed by atoms with Crippen molar-refractivity contribution in [3.8, 4) is 0 Å². The van der Waals surface area contributed by atoms with Crippen molar-refractivity contribution in [2.45, 2.75) is 84.6 Å². The molecule has 182 valence electrons. The third-order valence-corrected chi connectivity index (χ3v) is 8.52. The van der Waals surface area contributed by atoms with E-state index in [1.54, 1.807) is 6.92 Å². The molecule has 1 aromatic carbocycles. The van der Waals surface area contributed by atoms with Crippen LogP contribution in [0.1, 0.15) is 92.7 Å². The Labute approximate surface area is 203 Å². The van der Waals surface area contributed by atoms with Crippen molar-refractivity contribution < 1.29 is 9.59 Å². The number of hydrogen-bond donors (Lipinski definition) is 0. The normalized spacial score (nSPS) is 26.7. The summed E-state index contributed by atoms with van der Waals surface area (Å²) in [7, 11) is 0. The predicted octanol–water partition coefficient (Wildman–Crippen LogP) is 4.75. The van der Waals surface area contributed by atoms with Crippen molar-refractivity contribution in [1.82, 2.24) is 19.7 Å². The lowest BCUT2D eigenvalue weighted by atomic mass is 9.69. The molecular formula is C28H38N4O2. The van der Waals surface area contributed by atoms with E-state index in [0.29, 0.717) is 37.4 Å². The van der Waals surface area contributed by atoms with Crippen LogP contribution in [-0.2, 0) is 16.0 Å². The van der Waals surface area contributed by atoms with Crippen LogP contribution in [0.25, 0.3) is 0 Å². The molecule has 6 heteroatoms. The summed E-state index contributed by atoms with van der Waals surface area (Å²) >= 11 is 0. The van der Waals surface area contributed by atoms with Gasteiger partial charge in [0.05, 0.1) is 0 Å². The first-order chi connectivity index (χ1) is 16.2. The molecule has 0 unspecified atom stereocenters. The van der Waals surface area contributed by atoms with Crippen LogP contribution in [-0.4, -0.2) is 44.4 Å². The summed E-state index contributed by atoms with van der Waals surface area (Å²) < 4.78 is 2.38. The number of aromatic nitrogens is 3. The fourth-order valence-corrected chi connectivity index (χ4v) is 5.98. The van der Waals surface area contributed by atoms with Gasteiger partial charge in [-0.2, -0.15) is 0 Å². The van der Waals surface area contributed by atoms with E-state index < -0.39 is 0 Å². The predicted molar refractivity (Wildman–Crippen MR) is 132 cm³/mol. The number of ketones is 1. The van der Waals surface area contributed by atoms with Crippen LogP contribution < -0.4 is 0 Å². The second-order valence-corrected chi connectivity index (χ2v) is 11.4. The minimum atomic E-state index is -0.232. The summed E-state index contributed by atoms with van der Waals surface area (Å²) in [6, 6.07) is 6.74. The molecule has 0 N–H and O–H groups in total. The number of carbonyl (C=O) groups excluding carboxylic acids is 2. The number of likely N-dealkylation sites (tertiary alicyclic amines) is 1. The van der Waals surface area contributed by atoms with E-state index in [0.717, 1.165) is 41.5 Å². The van der Waals surface area contributed by atoms with E-state index in [9.17, 15) is 9.59 Å². The molecule has 1 aromatic heterocycles. The number of carbonyl (C=O) groups is 2. The van der Waals surface area contributed by atoms with Gasteiger partial charge in [-0.1, -0.05) is 37.6 Å². The zero-order valence-electron chi connectivity index (χ0n) is 21.3. The molecule has 2 aromatic rings. The van der Waals surface area contributed by atoms with Gasteiger partial charge in [-0.05, 0) is 62.5 Å². The molecule has 0 radical (unpaired) electrons. The smallest absolute Gasteiger partial charge is 0.219 e. The van der Waals surface area contributed by atoms with Crippen molar-refractivity contribution in [1.29, 1.82) is 0 Å². The van der Waals surface area contributed by atoms with Gasteiger partial charge in [-0.25, -0.2) is 0 Å². The maximum atomic E-state index is 13.6. The minimum absolute atomic E-state index is 0.0308. The number of hydrogen-bond acceptors (Lipinski definition) is 4. The first-order valence-corrected chi connectivity index (χ1v) is 13.0. The second kappa shape index (κ2) is 8.94. The van der Waals surface area contributed by atoms with Crippen molar-refractivity contribution in [3.63, 3.8) is 0 Å². The summed E-state index contributed by atoms with van der Waals surface area (Å²) in [5.74, 6) is 3.94. The van der Waals surface area contributed by atoms with E-state index in [2.05, 4.69) is 50.5 Å². The van der Waals surface area contributed by atoms with Crippen LogP contribution >= 0.6 is 0 Å². The standard InChI is InChI=1S/C28H38N4O2/c1-16(2)21-11-22(12-21)27-29-30-28(32(27)23-8-9-23)25-15-31(19(5)33)14-24(25)26(34)13-20-7-6-17(3)10-18(20)4/h6-7,10,16,21-25H,8-9,11-15H2,1-5H3/t21?,22?,24-,25-/m0/s1. The Bertz CT molecular complexity index is 1090. The van der Waals surface area contributed by atoms with Crippen LogP contribution in [0.3, 0.4) is 0 Å². The maximum absolute atomic E-state index is 13.6. The Morgan fingerprint density at radius 2 is 1.76 bits per heavy atom. The summed E-state index contributed by atoms with van der Waals surface area (Å²) in [6.45, 7) is 11.4. The quantitative estimate of drug-likeness (QED) is 0.595. The van der Waals surface area contributed by atoms with E-state index in [1.807, 2.05) is 4.90 Å². The highest BCUT2D eigenvalue weighted by molar-refractivity contribution is 5.86. The molecule has 6 nitrogen and oxygen atoms in total. The van der Waals surface area contributed by atoms with Crippen LogP contribution in [0.2, 0.25) is 0 Å². The Kier molecular flexibility index (Phi) is 6.11. The lowest BCUT2D eigenvalue weighted by molar-refractivity contribution is -0.128. The van der Waals surface area contributed by atoms with Gasteiger partial charge in [-0.15, -0.1) is 10.2 Å². The van der Waals surface area contributed by atoms with E-state index in [4.69, 9.17) is 10.2 Å². The van der Waals surface area contributed by atoms with Gasteiger partial charge >= 0.3 is 0 Å². The van der Waals surface area contributed by atoms with Gasteiger partial charge < -0.3 is 9.47 Å². The van der Waals surface area contributed by atoms with Crippen LogP contribution in [0.4, 0.5) is 0 Å². The molecule has 0 bridgehead atoms. The average Bonchev–Trinajstić information content (AvgIpc) is 3.32. The number of amides is 1. The SMILES string of the molecule is CC(=O)N1C[C@H](C(=O)Cc2ccc(C)cc2C)[C@@H](c2nnc(C3CC(C(C)C)C3)n2C2CC2)C1. The molecule has 3 aliphatic rings. The molecule has 1 amide bonds. The molecule has 1 saturated heterocycles. The van der Waals surface area contributed by atoms with Gasteiger partial charge in [0.25, 0.3) is 0 Å². The van der Waals surface area contributed by atoms with Gasteiger partial charge in [0, 0.05) is 50.2 Å². The van der Waals surface area contributed by atoms with Crippen molar-refractivity contribution in [2.24, 2.45) is 17.8 Å². The lowest BCUT2D eigenvalue weighted by Gasteiger charge is -2.37. The Morgan fingerprint density at radius 3 is 2.38 bits per heavy atom. The minimum Gasteiger partial charge on any atom is -0.341 e. The van der Waals surface area contributed by atoms with Crippen LogP contribution in [0.5, 0.6) is 0 Å². The second-order valence-electron chi connectivity index (χ2n) is 11.4. The molecule has 2 saturated carbocycles. The Morgan fingerprint density at radius 1 is 1.06 bits per heavy atom. The van der Waals surface area contributed by atoms with E-state index >= 15 is 0 Å². The first kappa shape index (κ1) is 23.3. The third-order valence-electron chi connectivity index (χ3n) is 8.52. The summed E-state index contributed by atoms with van der Waals surface area (Å²) in [4.78, 5) is 27.8. The van der Waals surface area contributed by atoms with Gasteiger partial charge in [0.15, 0.2) is 0 Å². The highest BCUT2D eigenvalue weighted by Gasteiger charge is 2.45. The van der Waals surface area contributed by atoms with E-state index in [-0.39, 0.29) is 23.5 Å². The van der Waals surface area contributed by atoms with Crippen LogP contribution in [0.15, 0.2) is 18.2 Å². The molecule has 1 aliphatic heterocycles. The Hall–Kier alpha value is -2.50. The van der Waals surface area contributed by atoms with Crippen LogP contribution in [0, 0.1) is 31.6 Å². The summed E-state index contributed by atoms with van der Waals surface area (Å²) in [5.41, 5.74) is 3.43. The van der Waals surface area contributed by atoms with Crippen molar-refractivity contribution >= 4 is 11.7 Å². The van der Waals surface area contributed by atoms with Gasteiger partial charge in [0.2, 0.25) is 5.91 Å². The summed E-state index contributed by atoms with van der Waals surface area (Å²) in [6.07, 6.45) is 5.08. The largest absolute Gasteiger partial charge is 0.341 e. The van der Waals surface area contributed by atoms with E-state index in [1.165, 1.54) is 18.4 Å². The number of rotatable bonds is 7. The lowest BCUT2D eigenvalue weighted by Crippen LogP contribution is -2.29. The monoisotopic (exact) mass is 462 g/mol. The maximum Gasteiger partial charge on any atom is 0.219 e. The number of Topliss-reactive ketones (excluding diaryl/α,β-unsaturated/α-hetero) is 1. The first-order valence-electron chi connectivity index (χ1n) is 13.0. The van der Waals surface area contributed by atoms with Crippen molar-refractivity contribution in [3.05, 3.63) is 46.5 Å². The molecule has 5 rings (SSSR count). The summed E-state index contributed by atoms with van der Waals surface area (Å²) in [5, 5.41) is 9.43. The average molecular weight is 463 g/mol. The zero-order chi connectivity index (χ0) is 24.1.